The van der Waals surface area contributed by atoms with Gasteiger partial charge in [0.15, 0.2) is 0 Å². The Morgan fingerprint density at radius 2 is 2.13 bits per heavy atom. The first-order valence-corrected chi connectivity index (χ1v) is 4.64. The van der Waals surface area contributed by atoms with Crippen molar-refractivity contribution < 1.29 is 4.79 Å². The van der Waals surface area contributed by atoms with Crippen molar-refractivity contribution in [2.24, 2.45) is 5.73 Å². The summed E-state index contributed by atoms with van der Waals surface area (Å²) in [5.41, 5.74) is 7.24. The van der Waals surface area contributed by atoms with Gasteiger partial charge in [0.25, 0.3) is 0 Å². The largest absolute Gasteiger partial charge is 0.366 e. The molecule has 0 atom stereocenters. The second-order valence-electron chi connectivity index (χ2n) is 3.08. The third-order valence-electron chi connectivity index (χ3n) is 2.01. The molecule has 1 aromatic heterocycles. The fourth-order valence-corrected chi connectivity index (χ4v) is 1.54. The summed E-state index contributed by atoms with van der Waals surface area (Å²) in [6.07, 6.45) is 3.37. The molecule has 0 aliphatic heterocycles. The van der Waals surface area contributed by atoms with Crippen LogP contribution in [0.4, 0.5) is 0 Å². The van der Waals surface area contributed by atoms with Gasteiger partial charge in [-0.1, -0.05) is 11.6 Å². The number of hydrogen-bond acceptors (Lipinski definition) is 2. The van der Waals surface area contributed by atoms with Gasteiger partial charge in [0.05, 0.1) is 6.20 Å². The van der Waals surface area contributed by atoms with E-state index in [-0.39, 0.29) is 0 Å². The van der Waals surface area contributed by atoms with Gasteiger partial charge in [0.2, 0.25) is 5.91 Å². The van der Waals surface area contributed by atoms with E-state index in [4.69, 9.17) is 17.3 Å². The number of nitrogens with two attached hydrogens (primary N) is 1. The Hall–Kier alpha value is -1.81. The van der Waals surface area contributed by atoms with Gasteiger partial charge in [-0.25, -0.2) is 0 Å². The first kappa shape index (κ1) is 9.73. The topological polar surface area (TPSA) is 71.8 Å². The molecular weight excluding hydrogens is 214 g/mol. The van der Waals surface area contributed by atoms with E-state index in [1.807, 2.05) is 0 Å². The number of aromatic nitrogens is 2. The van der Waals surface area contributed by atoms with Crippen LogP contribution in [-0.4, -0.2) is 16.1 Å². The molecule has 2 rings (SSSR count). The van der Waals surface area contributed by atoms with Crippen LogP contribution in [0.1, 0.15) is 10.4 Å². The maximum atomic E-state index is 11.0. The molecule has 0 saturated heterocycles. The lowest BCUT2D eigenvalue weighted by Crippen LogP contribution is -2.10. The van der Waals surface area contributed by atoms with Crippen LogP contribution in [0.3, 0.4) is 0 Å². The van der Waals surface area contributed by atoms with Crippen LogP contribution in [0, 0.1) is 0 Å². The number of amides is 1. The van der Waals surface area contributed by atoms with Crippen molar-refractivity contribution in [3.63, 3.8) is 0 Å². The average molecular weight is 222 g/mol. The van der Waals surface area contributed by atoms with Gasteiger partial charge >= 0.3 is 0 Å². The normalized spacial score (nSPS) is 10.2. The Morgan fingerprint density at radius 1 is 1.33 bits per heavy atom. The lowest BCUT2D eigenvalue weighted by molar-refractivity contribution is 0.100. The van der Waals surface area contributed by atoms with E-state index in [9.17, 15) is 4.79 Å². The molecule has 0 fully saturated rings. The number of rotatable bonds is 2. The van der Waals surface area contributed by atoms with Gasteiger partial charge in [-0.3, -0.25) is 9.89 Å². The number of H-pyrrole nitrogens is 1. The molecule has 3 N–H and O–H groups in total. The van der Waals surface area contributed by atoms with Crippen molar-refractivity contribution in [1.82, 2.24) is 10.2 Å². The molecule has 1 heterocycles. The summed E-state index contributed by atoms with van der Waals surface area (Å²) in [6, 6.07) is 4.96. The molecule has 1 amide bonds. The minimum atomic E-state index is -0.498. The van der Waals surface area contributed by atoms with E-state index in [0.29, 0.717) is 10.6 Å². The smallest absolute Gasteiger partial charge is 0.248 e. The van der Waals surface area contributed by atoms with Gasteiger partial charge in [0, 0.05) is 22.3 Å². The third-order valence-corrected chi connectivity index (χ3v) is 2.23. The van der Waals surface area contributed by atoms with Gasteiger partial charge < -0.3 is 5.73 Å². The molecule has 15 heavy (non-hydrogen) atoms. The van der Waals surface area contributed by atoms with E-state index in [1.54, 1.807) is 24.5 Å². The number of primary amides is 1. The quantitative estimate of drug-likeness (QED) is 0.812. The van der Waals surface area contributed by atoms with Crippen LogP contribution in [0.5, 0.6) is 0 Å². The number of aromatic amines is 1. The van der Waals surface area contributed by atoms with Crippen LogP contribution >= 0.6 is 11.6 Å². The van der Waals surface area contributed by atoms with E-state index in [2.05, 4.69) is 10.2 Å². The maximum Gasteiger partial charge on any atom is 0.248 e. The van der Waals surface area contributed by atoms with Gasteiger partial charge in [-0.15, -0.1) is 0 Å². The summed E-state index contributed by atoms with van der Waals surface area (Å²) in [4.78, 5) is 11.0. The number of halogens is 1. The molecule has 1 aromatic carbocycles. The first-order chi connectivity index (χ1) is 7.16. The fourth-order valence-electron chi connectivity index (χ4n) is 1.31. The summed E-state index contributed by atoms with van der Waals surface area (Å²) in [6.45, 7) is 0. The van der Waals surface area contributed by atoms with E-state index in [1.165, 1.54) is 6.07 Å². The molecule has 76 valence electrons. The van der Waals surface area contributed by atoms with Crippen LogP contribution in [0.25, 0.3) is 11.1 Å². The second kappa shape index (κ2) is 3.74. The Labute approximate surface area is 91.1 Å². The third kappa shape index (κ3) is 1.99. The Morgan fingerprint density at radius 3 is 2.73 bits per heavy atom. The van der Waals surface area contributed by atoms with Gasteiger partial charge in [0.1, 0.15) is 0 Å². The average Bonchev–Trinajstić information content (AvgIpc) is 2.69. The van der Waals surface area contributed by atoms with Crippen molar-refractivity contribution in [2.75, 3.05) is 0 Å². The Bertz CT molecular complexity index is 493. The number of carbonyl (C=O) groups is 1. The number of nitrogens with zero attached hydrogens (tertiary/aromatic N) is 1. The number of nitrogens with one attached hydrogen (secondary N) is 1. The van der Waals surface area contributed by atoms with Crippen molar-refractivity contribution >= 4 is 17.5 Å². The highest BCUT2D eigenvalue weighted by atomic mass is 35.5. The standard InChI is InChI=1S/C10H8ClN3O/c11-9-2-6(8-4-13-14-5-8)1-7(3-9)10(12)15/h1-5H,(H2,12,15)(H,13,14). The molecule has 0 spiro atoms. The summed E-state index contributed by atoms with van der Waals surface area (Å²) in [5.74, 6) is -0.498. The maximum absolute atomic E-state index is 11.0. The predicted octanol–water partition coefficient (Wildman–Crippen LogP) is 1.83. The molecule has 5 heteroatoms. The van der Waals surface area contributed by atoms with Crippen LogP contribution < -0.4 is 5.73 Å². The lowest BCUT2D eigenvalue weighted by Gasteiger charge is -2.01. The molecule has 0 aliphatic rings. The molecule has 0 bridgehead atoms. The minimum absolute atomic E-state index is 0.388. The van der Waals surface area contributed by atoms with Crippen LogP contribution in [0.15, 0.2) is 30.6 Å². The highest BCUT2D eigenvalue weighted by Crippen LogP contribution is 2.23. The number of hydrogen-bond donors (Lipinski definition) is 2. The van der Waals surface area contributed by atoms with Gasteiger partial charge in [-0.2, -0.15) is 5.10 Å². The zero-order chi connectivity index (χ0) is 10.8. The lowest BCUT2D eigenvalue weighted by atomic mass is 10.1. The Kier molecular flexibility index (Phi) is 2.43. The monoisotopic (exact) mass is 221 g/mol. The van der Waals surface area contributed by atoms with Crippen molar-refractivity contribution in [2.45, 2.75) is 0 Å². The number of carbonyl (C=O) groups excluding carboxylic acids is 1. The molecule has 2 aromatic rings. The van der Waals surface area contributed by atoms with Crippen molar-refractivity contribution in [1.29, 1.82) is 0 Å². The summed E-state index contributed by atoms with van der Waals surface area (Å²) in [7, 11) is 0. The molecule has 0 aliphatic carbocycles. The number of benzene rings is 1. The van der Waals surface area contributed by atoms with E-state index < -0.39 is 5.91 Å². The van der Waals surface area contributed by atoms with Crippen LogP contribution in [-0.2, 0) is 0 Å². The Balaban J connectivity index is 2.54. The second-order valence-corrected chi connectivity index (χ2v) is 3.52. The summed E-state index contributed by atoms with van der Waals surface area (Å²) >= 11 is 5.87. The zero-order valence-electron chi connectivity index (χ0n) is 7.70. The van der Waals surface area contributed by atoms with Crippen molar-refractivity contribution in [3.05, 3.63) is 41.2 Å². The highest BCUT2D eigenvalue weighted by Gasteiger charge is 2.06. The first-order valence-electron chi connectivity index (χ1n) is 4.26. The highest BCUT2D eigenvalue weighted by molar-refractivity contribution is 6.31. The van der Waals surface area contributed by atoms with Gasteiger partial charge in [-0.05, 0) is 23.8 Å². The van der Waals surface area contributed by atoms with E-state index in [0.717, 1.165) is 11.1 Å². The van der Waals surface area contributed by atoms with Crippen LogP contribution in [0.2, 0.25) is 5.02 Å². The predicted molar refractivity (Wildman–Crippen MR) is 57.6 cm³/mol. The SMILES string of the molecule is NC(=O)c1cc(Cl)cc(-c2cn[nH]c2)c1. The zero-order valence-corrected chi connectivity index (χ0v) is 8.45. The molecule has 4 nitrogen and oxygen atoms in total. The molecular formula is C10H8ClN3O. The molecule has 0 saturated carbocycles. The van der Waals surface area contributed by atoms with E-state index >= 15 is 0 Å². The summed E-state index contributed by atoms with van der Waals surface area (Å²) < 4.78 is 0. The molecule has 0 radical (unpaired) electrons. The van der Waals surface area contributed by atoms with Crippen molar-refractivity contribution in [3.8, 4) is 11.1 Å². The fraction of sp³-hybridized carbons (Fsp3) is 0. The minimum Gasteiger partial charge on any atom is -0.366 e. The summed E-state index contributed by atoms with van der Waals surface area (Å²) in [5, 5.41) is 6.98. The molecule has 0 unspecified atom stereocenters.